The quantitative estimate of drug-likeness (QED) is 0.464. The second-order valence-corrected chi connectivity index (χ2v) is 7.26. The van der Waals surface area contributed by atoms with Crippen LogP contribution in [0.5, 0.6) is 5.75 Å². The van der Waals surface area contributed by atoms with Gasteiger partial charge in [-0.2, -0.15) is 10.4 Å². The summed E-state index contributed by atoms with van der Waals surface area (Å²) in [7, 11) is 0. The monoisotopic (exact) mass is 427 g/mol. The predicted octanol–water partition coefficient (Wildman–Crippen LogP) is 2.39. The van der Waals surface area contributed by atoms with Gasteiger partial charge in [-0.3, -0.25) is 4.40 Å². The molecule has 0 aliphatic carbocycles. The fourth-order valence-corrected chi connectivity index (χ4v) is 4.00. The Balaban J connectivity index is 1.41. The Morgan fingerprint density at radius 1 is 1.22 bits per heavy atom. The first-order valence-corrected chi connectivity index (χ1v) is 9.82. The summed E-state index contributed by atoms with van der Waals surface area (Å²) in [6.45, 7) is 0.781. The number of ether oxygens (including phenoxy) is 1. The Kier molecular flexibility index (Phi) is 3.97. The molecule has 32 heavy (non-hydrogen) atoms. The normalized spacial score (nSPS) is 12.6. The van der Waals surface area contributed by atoms with Gasteiger partial charge in [0.25, 0.3) is 0 Å². The highest BCUT2D eigenvalue weighted by Crippen LogP contribution is 2.31. The molecule has 0 amide bonds. The average molecular weight is 427 g/mol. The van der Waals surface area contributed by atoms with Crippen LogP contribution >= 0.6 is 0 Å². The number of pyridine rings is 1. The molecule has 0 atom stereocenters. The average Bonchev–Trinajstić information content (AvgIpc) is 3.57. The molecule has 1 aromatic carbocycles. The van der Waals surface area contributed by atoms with E-state index in [-0.39, 0.29) is 12.4 Å². The molecule has 10 nitrogen and oxygen atoms in total. The van der Waals surface area contributed by atoms with Crippen LogP contribution in [0, 0.1) is 17.1 Å². The number of fused-ring (bicyclic) bond motifs is 3. The number of benzene rings is 1. The lowest BCUT2D eigenvalue weighted by atomic mass is 10.0. The zero-order chi connectivity index (χ0) is 21.7. The van der Waals surface area contributed by atoms with Crippen LogP contribution in [0.15, 0.2) is 43.2 Å². The molecule has 0 fully saturated rings. The van der Waals surface area contributed by atoms with E-state index in [9.17, 15) is 9.65 Å². The highest BCUT2D eigenvalue weighted by atomic mass is 19.1. The van der Waals surface area contributed by atoms with Crippen molar-refractivity contribution in [2.45, 2.75) is 13.0 Å². The number of nitrogens with one attached hydrogen (secondary N) is 1. The number of hydrogen-bond acceptors (Lipinski definition) is 8. The first kappa shape index (κ1) is 18.2. The van der Waals surface area contributed by atoms with Gasteiger partial charge in [0.2, 0.25) is 5.95 Å². The number of halogens is 1. The van der Waals surface area contributed by atoms with Gasteiger partial charge in [-0.15, -0.1) is 10.2 Å². The van der Waals surface area contributed by atoms with Crippen molar-refractivity contribution in [1.82, 2.24) is 34.2 Å². The number of rotatable bonds is 4. The van der Waals surface area contributed by atoms with E-state index in [1.54, 1.807) is 28.9 Å². The molecule has 1 aliphatic rings. The molecule has 1 N–H and O–H groups in total. The predicted molar refractivity (Wildman–Crippen MR) is 110 cm³/mol. The Morgan fingerprint density at radius 2 is 2.16 bits per heavy atom. The van der Waals surface area contributed by atoms with E-state index in [1.807, 2.05) is 0 Å². The second-order valence-electron chi connectivity index (χ2n) is 7.26. The first-order chi connectivity index (χ1) is 15.7. The van der Waals surface area contributed by atoms with Gasteiger partial charge in [0, 0.05) is 47.6 Å². The molecule has 0 bridgehead atoms. The van der Waals surface area contributed by atoms with Crippen molar-refractivity contribution in [2.24, 2.45) is 0 Å². The lowest BCUT2D eigenvalue weighted by Crippen LogP contribution is -2.10. The number of nitrogens with zero attached hydrogens (tertiary/aromatic N) is 8. The van der Waals surface area contributed by atoms with Crippen LogP contribution in [-0.2, 0) is 13.0 Å². The summed E-state index contributed by atoms with van der Waals surface area (Å²) in [5.74, 6) is 0.884. The van der Waals surface area contributed by atoms with Crippen LogP contribution in [0.25, 0.3) is 22.4 Å². The molecule has 0 saturated heterocycles. The lowest BCUT2D eigenvalue weighted by Gasteiger charge is -2.13. The van der Waals surface area contributed by atoms with Gasteiger partial charge in [0.05, 0.1) is 12.2 Å². The summed E-state index contributed by atoms with van der Waals surface area (Å²) in [6.07, 6.45) is 6.85. The van der Waals surface area contributed by atoms with Crippen LogP contribution in [0.3, 0.4) is 0 Å². The molecule has 0 spiro atoms. The van der Waals surface area contributed by atoms with E-state index < -0.39 is 0 Å². The van der Waals surface area contributed by atoms with Crippen molar-refractivity contribution in [2.75, 3.05) is 11.9 Å². The van der Waals surface area contributed by atoms with Crippen molar-refractivity contribution in [1.29, 1.82) is 5.26 Å². The molecule has 0 radical (unpaired) electrons. The zero-order valence-corrected chi connectivity index (χ0v) is 16.5. The van der Waals surface area contributed by atoms with E-state index >= 15 is 0 Å². The summed E-state index contributed by atoms with van der Waals surface area (Å²) in [6, 6.07) is 6.91. The maximum Gasteiger partial charge on any atom is 0.210 e. The van der Waals surface area contributed by atoms with Crippen LogP contribution in [-0.4, -0.2) is 40.8 Å². The van der Waals surface area contributed by atoms with E-state index in [1.165, 1.54) is 23.2 Å². The van der Waals surface area contributed by atoms with E-state index in [4.69, 9.17) is 4.74 Å². The SMILES string of the molecule is N#Cc1cc(-c2cnc(NCc3c(F)ccc4c3CCO4)n3cnnc23)c2ncnn2c1. The van der Waals surface area contributed by atoms with Gasteiger partial charge in [-0.25, -0.2) is 18.9 Å². The smallest absolute Gasteiger partial charge is 0.210 e. The molecule has 0 saturated carbocycles. The molecule has 6 rings (SSSR count). The van der Waals surface area contributed by atoms with Crippen LogP contribution in [0.1, 0.15) is 16.7 Å². The van der Waals surface area contributed by atoms with Crippen LogP contribution in [0.4, 0.5) is 10.3 Å². The molecular formula is C21H14FN9O. The maximum atomic E-state index is 14.5. The number of anilines is 1. The highest BCUT2D eigenvalue weighted by Gasteiger charge is 2.20. The Morgan fingerprint density at radius 3 is 3.06 bits per heavy atom. The minimum absolute atomic E-state index is 0.232. The first-order valence-electron chi connectivity index (χ1n) is 9.82. The van der Waals surface area contributed by atoms with E-state index in [0.717, 1.165) is 11.3 Å². The number of aromatic nitrogens is 7. The summed E-state index contributed by atoms with van der Waals surface area (Å²) in [4.78, 5) is 8.81. The van der Waals surface area contributed by atoms with Gasteiger partial charge in [0.15, 0.2) is 11.3 Å². The Labute approximate surface area is 179 Å². The summed E-state index contributed by atoms with van der Waals surface area (Å²) < 4.78 is 23.2. The number of hydrogen-bond donors (Lipinski definition) is 1. The highest BCUT2D eigenvalue weighted by molar-refractivity contribution is 5.86. The van der Waals surface area contributed by atoms with E-state index in [0.29, 0.717) is 52.5 Å². The Hall–Kier alpha value is -4.59. The molecule has 4 aromatic heterocycles. The topological polar surface area (TPSA) is 118 Å². The van der Waals surface area contributed by atoms with Gasteiger partial charge in [-0.05, 0) is 18.2 Å². The fraction of sp³-hybridized carbons (Fsp3) is 0.143. The lowest BCUT2D eigenvalue weighted by molar-refractivity contribution is 0.356. The second kappa shape index (κ2) is 6.98. The minimum atomic E-state index is -0.291. The fourth-order valence-electron chi connectivity index (χ4n) is 4.00. The molecule has 1 aliphatic heterocycles. The molecule has 0 unspecified atom stereocenters. The van der Waals surface area contributed by atoms with Crippen LogP contribution < -0.4 is 10.1 Å². The van der Waals surface area contributed by atoms with Crippen molar-refractivity contribution >= 4 is 17.2 Å². The van der Waals surface area contributed by atoms with Crippen molar-refractivity contribution in [3.63, 3.8) is 0 Å². The largest absolute Gasteiger partial charge is 0.493 e. The standard InChI is InChI=1S/C21H14FN9O/c22-17-1-2-18-13(3-4-32-18)15(17)7-24-21-25-8-16(20-29-27-11-30(20)21)14-5-12(6-23)9-31-19(14)26-10-28-31/h1-2,5,8-11H,3-4,7H2,(H,24,25). The van der Waals surface area contributed by atoms with Gasteiger partial charge in [-0.1, -0.05) is 0 Å². The zero-order valence-electron chi connectivity index (χ0n) is 16.5. The summed E-state index contributed by atoms with van der Waals surface area (Å²) >= 11 is 0. The third-order valence-corrected chi connectivity index (χ3v) is 5.49. The molecular weight excluding hydrogens is 413 g/mol. The van der Waals surface area contributed by atoms with Crippen molar-refractivity contribution in [3.8, 4) is 22.9 Å². The van der Waals surface area contributed by atoms with Gasteiger partial charge in [0.1, 0.15) is 30.3 Å². The molecule has 5 aromatic rings. The minimum Gasteiger partial charge on any atom is -0.493 e. The van der Waals surface area contributed by atoms with Gasteiger partial charge >= 0.3 is 0 Å². The maximum absolute atomic E-state index is 14.5. The molecule has 5 heterocycles. The Bertz CT molecular complexity index is 1550. The van der Waals surface area contributed by atoms with Gasteiger partial charge < -0.3 is 10.1 Å². The third-order valence-electron chi connectivity index (χ3n) is 5.49. The van der Waals surface area contributed by atoms with E-state index in [2.05, 4.69) is 36.7 Å². The third kappa shape index (κ3) is 2.73. The molecule has 11 heteroatoms. The molecule has 156 valence electrons. The van der Waals surface area contributed by atoms with Crippen molar-refractivity contribution in [3.05, 3.63) is 65.8 Å². The number of nitriles is 1. The van der Waals surface area contributed by atoms with Crippen molar-refractivity contribution < 1.29 is 9.13 Å². The summed E-state index contributed by atoms with van der Waals surface area (Å²) in [5.41, 5.74) is 4.23. The summed E-state index contributed by atoms with van der Waals surface area (Å²) in [5, 5.41) is 24.9. The van der Waals surface area contributed by atoms with Crippen LogP contribution in [0.2, 0.25) is 0 Å².